The third-order valence-electron chi connectivity index (χ3n) is 0.767. The van der Waals surface area contributed by atoms with Gasteiger partial charge in [-0.15, -0.1) is 11.3 Å². The lowest BCUT2D eigenvalue weighted by Gasteiger charge is -1.78. The van der Waals surface area contributed by atoms with Gasteiger partial charge in [0.2, 0.25) is 3.79 Å². The summed E-state index contributed by atoms with van der Waals surface area (Å²) in [5.41, 5.74) is 0. The first kappa shape index (κ1) is 7.68. The zero-order valence-electron chi connectivity index (χ0n) is 4.23. The molecule has 0 unspecified atom stereocenters. The predicted octanol–water partition coefficient (Wildman–Crippen LogP) is 3.09. The van der Waals surface area contributed by atoms with Crippen molar-refractivity contribution < 1.29 is 4.79 Å². The van der Waals surface area contributed by atoms with Gasteiger partial charge in [0.05, 0.1) is 8.66 Å². The fraction of sp³-hybridized carbons (Fsp3) is 0. The summed E-state index contributed by atoms with van der Waals surface area (Å²) in [5.74, 6) is 0. The van der Waals surface area contributed by atoms with Gasteiger partial charge >= 0.3 is 0 Å². The fourth-order valence-electron chi connectivity index (χ4n) is 0.420. The van der Waals surface area contributed by atoms with E-state index in [2.05, 4.69) is 15.9 Å². The molecule has 0 saturated heterocycles. The molecule has 48 valence electrons. The minimum atomic E-state index is 0.100. The van der Waals surface area contributed by atoms with E-state index in [1.807, 2.05) is 12.1 Å². The molecular formula is C5H2BrIOS. The predicted molar refractivity (Wildman–Crippen MR) is 50.4 cm³/mol. The Hall–Kier alpha value is 0.580. The van der Waals surface area contributed by atoms with E-state index in [1.54, 1.807) is 22.6 Å². The molecule has 1 nitrogen and oxygen atoms in total. The first-order valence-corrected chi connectivity index (χ1v) is 4.84. The van der Waals surface area contributed by atoms with Crippen LogP contribution in [0.4, 0.5) is 0 Å². The minimum absolute atomic E-state index is 0.100. The van der Waals surface area contributed by atoms with Gasteiger partial charge in [-0.1, -0.05) is 0 Å². The summed E-state index contributed by atoms with van der Waals surface area (Å²) in [5, 5.41) is 0. The van der Waals surface area contributed by atoms with Crippen LogP contribution < -0.4 is 0 Å². The van der Waals surface area contributed by atoms with Gasteiger partial charge in [0.25, 0.3) is 0 Å². The molecule has 0 atom stereocenters. The average Bonchev–Trinajstić information content (AvgIpc) is 2.14. The normalized spacial score (nSPS) is 9.56. The van der Waals surface area contributed by atoms with Gasteiger partial charge in [-0.25, -0.2) is 0 Å². The number of thiophene rings is 1. The highest BCUT2D eigenvalue weighted by molar-refractivity contribution is 14.1. The van der Waals surface area contributed by atoms with E-state index in [9.17, 15) is 4.79 Å². The Morgan fingerprint density at radius 2 is 2.33 bits per heavy atom. The highest BCUT2D eigenvalue weighted by Crippen LogP contribution is 2.23. The Bertz CT molecular complexity index is 233. The molecule has 0 saturated carbocycles. The van der Waals surface area contributed by atoms with Crippen molar-refractivity contribution in [3.05, 3.63) is 20.8 Å². The number of halogens is 2. The number of hydrogen-bond donors (Lipinski definition) is 0. The lowest BCUT2D eigenvalue weighted by atomic mass is 10.5. The zero-order chi connectivity index (χ0) is 6.85. The van der Waals surface area contributed by atoms with Crippen molar-refractivity contribution in [3.8, 4) is 0 Å². The molecule has 0 aliphatic rings. The maximum atomic E-state index is 10.6. The maximum absolute atomic E-state index is 10.6. The molecule has 0 N–H and O–H groups in total. The molecule has 4 heteroatoms. The van der Waals surface area contributed by atoms with Gasteiger partial charge in [-0.3, -0.25) is 4.79 Å². The molecule has 1 heterocycles. The molecule has 0 spiro atoms. The van der Waals surface area contributed by atoms with Gasteiger partial charge in [-0.05, 0) is 28.1 Å². The largest absolute Gasteiger partial charge is 0.281 e. The molecule has 9 heavy (non-hydrogen) atoms. The van der Waals surface area contributed by atoms with Gasteiger partial charge in [0, 0.05) is 22.6 Å². The van der Waals surface area contributed by atoms with Crippen LogP contribution in [0.15, 0.2) is 15.9 Å². The van der Waals surface area contributed by atoms with Crippen LogP contribution in [0.1, 0.15) is 9.67 Å². The maximum Gasteiger partial charge on any atom is 0.232 e. The molecule has 0 aromatic carbocycles. The van der Waals surface area contributed by atoms with Gasteiger partial charge in [0.1, 0.15) is 0 Å². The van der Waals surface area contributed by atoms with Crippen LogP contribution in [0.25, 0.3) is 0 Å². The van der Waals surface area contributed by atoms with Crippen LogP contribution in [0.5, 0.6) is 0 Å². The third kappa shape index (κ3) is 2.01. The van der Waals surface area contributed by atoms with Crippen LogP contribution >= 0.6 is 49.9 Å². The monoisotopic (exact) mass is 316 g/mol. The summed E-state index contributed by atoms with van der Waals surface area (Å²) in [6, 6.07) is 3.68. The van der Waals surface area contributed by atoms with E-state index in [0.29, 0.717) is 0 Å². The van der Waals surface area contributed by atoms with Crippen molar-refractivity contribution in [1.29, 1.82) is 0 Å². The quantitative estimate of drug-likeness (QED) is 0.575. The van der Waals surface area contributed by atoms with E-state index >= 15 is 0 Å². The number of hydrogen-bond acceptors (Lipinski definition) is 2. The zero-order valence-corrected chi connectivity index (χ0v) is 8.79. The van der Waals surface area contributed by atoms with Gasteiger partial charge in [-0.2, -0.15) is 0 Å². The van der Waals surface area contributed by atoms with Crippen LogP contribution in [-0.2, 0) is 0 Å². The van der Waals surface area contributed by atoms with E-state index < -0.39 is 0 Å². The third-order valence-corrected chi connectivity index (χ3v) is 3.34. The second-order valence-electron chi connectivity index (χ2n) is 1.38. The summed E-state index contributed by atoms with van der Waals surface area (Å²) < 4.78 is 1.10. The Morgan fingerprint density at radius 3 is 2.56 bits per heavy atom. The number of carbonyl (C=O) groups excluding carboxylic acids is 1. The van der Waals surface area contributed by atoms with E-state index in [0.717, 1.165) is 8.66 Å². The highest BCUT2D eigenvalue weighted by Gasteiger charge is 2.02. The van der Waals surface area contributed by atoms with Crippen LogP contribution in [0.3, 0.4) is 0 Å². The van der Waals surface area contributed by atoms with Crippen molar-refractivity contribution in [2.24, 2.45) is 0 Å². The lowest BCUT2D eigenvalue weighted by molar-refractivity contribution is 0.110. The van der Waals surface area contributed by atoms with Gasteiger partial charge in [0.15, 0.2) is 0 Å². The topological polar surface area (TPSA) is 17.1 Å². The van der Waals surface area contributed by atoms with E-state index in [1.165, 1.54) is 11.3 Å². The standard InChI is InChI=1S/C5H2BrIOS/c6-4-2-1-3(9-4)5(7)8/h1-2H. The van der Waals surface area contributed by atoms with Gasteiger partial charge < -0.3 is 0 Å². The molecule has 0 aliphatic heterocycles. The second kappa shape index (κ2) is 3.12. The fourth-order valence-corrected chi connectivity index (χ4v) is 2.15. The first-order chi connectivity index (χ1) is 4.20. The molecule has 0 amide bonds. The van der Waals surface area contributed by atoms with Crippen molar-refractivity contribution in [1.82, 2.24) is 0 Å². The molecular weight excluding hydrogens is 315 g/mol. The van der Waals surface area contributed by atoms with Crippen molar-refractivity contribution in [2.75, 3.05) is 0 Å². The Morgan fingerprint density at radius 1 is 1.67 bits per heavy atom. The number of rotatable bonds is 1. The van der Waals surface area contributed by atoms with Crippen LogP contribution in [0.2, 0.25) is 0 Å². The molecule has 0 radical (unpaired) electrons. The summed E-state index contributed by atoms with van der Waals surface area (Å²) in [7, 11) is 0. The lowest BCUT2D eigenvalue weighted by Crippen LogP contribution is -1.76. The Labute approximate surface area is 78.7 Å². The average molecular weight is 317 g/mol. The molecule has 0 bridgehead atoms. The van der Waals surface area contributed by atoms with E-state index in [-0.39, 0.29) is 3.79 Å². The summed E-state index contributed by atoms with van der Waals surface area (Å²) in [6.45, 7) is 0. The Kier molecular flexibility index (Phi) is 2.66. The van der Waals surface area contributed by atoms with Crippen molar-refractivity contribution in [2.45, 2.75) is 0 Å². The van der Waals surface area contributed by atoms with Crippen LogP contribution in [-0.4, -0.2) is 3.79 Å². The summed E-state index contributed by atoms with van der Waals surface area (Å²) in [6.07, 6.45) is 0. The molecule has 1 aromatic rings. The van der Waals surface area contributed by atoms with Crippen molar-refractivity contribution in [3.63, 3.8) is 0 Å². The Balaban J connectivity index is 2.98. The smallest absolute Gasteiger partial charge is 0.232 e. The van der Waals surface area contributed by atoms with Crippen molar-refractivity contribution >= 4 is 53.6 Å². The molecule has 1 aromatic heterocycles. The first-order valence-electron chi connectivity index (χ1n) is 2.15. The molecule has 0 fully saturated rings. The summed E-state index contributed by atoms with van der Waals surface area (Å²) in [4.78, 5) is 11.4. The molecule has 0 aliphatic carbocycles. The highest BCUT2D eigenvalue weighted by atomic mass is 127. The number of carbonyl (C=O) groups is 1. The SMILES string of the molecule is O=C(I)c1ccc(Br)s1. The van der Waals surface area contributed by atoms with Crippen LogP contribution in [0, 0.1) is 0 Å². The second-order valence-corrected chi connectivity index (χ2v) is 4.82. The minimum Gasteiger partial charge on any atom is -0.281 e. The van der Waals surface area contributed by atoms with E-state index in [4.69, 9.17) is 0 Å². The molecule has 1 rings (SSSR count). The summed E-state index contributed by atoms with van der Waals surface area (Å²) >= 11 is 6.49.